The van der Waals surface area contributed by atoms with Crippen molar-refractivity contribution >= 4 is 23.1 Å². The molecule has 1 heterocycles. The molecule has 1 aromatic heterocycles. The van der Waals surface area contributed by atoms with E-state index in [9.17, 15) is 0 Å². The van der Waals surface area contributed by atoms with Gasteiger partial charge in [0, 0.05) is 7.05 Å². The normalized spacial score (nSPS) is 9.73. The number of nitrogens with zero attached hydrogens (tertiary/aromatic N) is 1. The van der Waals surface area contributed by atoms with E-state index >= 15 is 0 Å². The van der Waals surface area contributed by atoms with Gasteiger partial charge in [0.05, 0.1) is 5.69 Å². The van der Waals surface area contributed by atoms with Crippen LogP contribution in [0.3, 0.4) is 0 Å². The molecule has 3 N–H and O–H groups in total. The van der Waals surface area contributed by atoms with Crippen molar-refractivity contribution in [3.8, 4) is 0 Å². The Morgan fingerprint density at radius 2 is 2.27 bits per heavy atom. The number of nitrogen functional groups attached to an aromatic ring is 1. The van der Waals surface area contributed by atoms with E-state index in [1.807, 2.05) is 6.92 Å². The zero-order valence-electron chi connectivity index (χ0n) is 6.48. The molecule has 0 unspecified atom stereocenters. The van der Waals surface area contributed by atoms with Crippen molar-refractivity contribution in [2.75, 3.05) is 18.1 Å². The third-order valence-corrected chi connectivity index (χ3v) is 1.66. The molecule has 0 aliphatic carbocycles. The standard InChI is InChI=1S/C7H10ClN3/c1-4-3-5(8)11-7(10-2)6(4)9/h3H,9H2,1-2H3,(H,10,11). The molecule has 0 fully saturated rings. The van der Waals surface area contributed by atoms with Gasteiger partial charge in [-0.3, -0.25) is 0 Å². The second kappa shape index (κ2) is 2.96. The van der Waals surface area contributed by atoms with Crippen molar-refractivity contribution in [2.45, 2.75) is 6.92 Å². The first-order valence-corrected chi connectivity index (χ1v) is 3.63. The molecular weight excluding hydrogens is 162 g/mol. The minimum absolute atomic E-state index is 0.459. The molecular formula is C7H10ClN3. The second-order valence-corrected chi connectivity index (χ2v) is 2.66. The van der Waals surface area contributed by atoms with E-state index in [2.05, 4.69) is 10.3 Å². The van der Waals surface area contributed by atoms with Crippen LogP contribution in [0.1, 0.15) is 5.56 Å². The minimum atomic E-state index is 0.459. The molecule has 0 atom stereocenters. The van der Waals surface area contributed by atoms with Crippen LogP contribution >= 0.6 is 11.6 Å². The smallest absolute Gasteiger partial charge is 0.150 e. The number of aromatic nitrogens is 1. The Labute approximate surface area is 70.6 Å². The average molecular weight is 172 g/mol. The second-order valence-electron chi connectivity index (χ2n) is 2.27. The Balaban J connectivity index is 3.24. The highest BCUT2D eigenvalue weighted by molar-refractivity contribution is 6.29. The van der Waals surface area contributed by atoms with E-state index in [0.717, 1.165) is 5.56 Å². The number of aryl methyl sites for hydroxylation is 1. The molecule has 0 aliphatic rings. The van der Waals surface area contributed by atoms with Crippen molar-refractivity contribution in [3.63, 3.8) is 0 Å². The quantitative estimate of drug-likeness (QED) is 0.632. The Morgan fingerprint density at radius 1 is 1.64 bits per heavy atom. The minimum Gasteiger partial charge on any atom is -0.396 e. The molecule has 1 rings (SSSR count). The van der Waals surface area contributed by atoms with Gasteiger partial charge in [0.2, 0.25) is 0 Å². The van der Waals surface area contributed by atoms with Crippen molar-refractivity contribution in [2.24, 2.45) is 0 Å². The highest BCUT2D eigenvalue weighted by Crippen LogP contribution is 2.22. The van der Waals surface area contributed by atoms with E-state index in [1.54, 1.807) is 13.1 Å². The van der Waals surface area contributed by atoms with Crippen LogP contribution in [0.5, 0.6) is 0 Å². The summed E-state index contributed by atoms with van der Waals surface area (Å²) in [6.07, 6.45) is 0. The lowest BCUT2D eigenvalue weighted by Gasteiger charge is -2.06. The molecule has 0 aliphatic heterocycles. The van der Waals surface area contributed by atoms with Crippen LogP contribution in [0.2, 0.25) is 5.15 Å². The third-order valence-electron chi connectivity index (χ3n) is 1.47. The van der Waals surface area contributed by atoms with Crippen LogP contribution in [0.4, 0.5) is 11.5 Å². The van der Waals surface area contributed by atoms with Gasteiger partial charge in [0.25, 0.3) is 0 Å². The summed E-state index contributed by atoms with van der Waals surface area (Å²) >= 11 is 5.69. The molecule has 1 aromatic rings. The van der Waals surface area contributed by atoms with Crippen molar-refractivity contribution in [1.82, 2.24) is 4.98 Å². The number of rotatable bonds is 1. The Morgan fingerprint density at radius 3 is 2.82 bits per heavy atom. The fraction of sp³-hybridized carbons (Fsp3) is 0.286. The fourth-order valence-corrected chi connectivity index (χ4v) is 1.08. The number of hydrogen-bond donors (Lipinski definition) is 2. The van der Waals surface area contributed by atoms with E-state index < -0.39 is 0 Å². The highest BCUT2D eigenvalue weighted by atomic mass is 35.5. The van der Waals surface area contributed by atoms with Crippen LogP contribution in [0, 0.1) is 6.92 Å². The number of pyridine rings is 1. The van der Waals surface area contributed by atoms with Gasteiger partial charge in [0.1, 0.15) is 5.15 Å². The molecule has 60 valence electrons. The van der Waals surface area contributed by atoms with Gasteiger partial charge in [0.15, 0.2) is 5.82 Å². The summed E-state index contributed by atoms with van der Waals surface area (Å²) in [4.78, 5) is 3.98. The summed E-state index contributed by atoms with van der Waals surface area (Å²) in [5.74, 6) is 0.634. The molecule has 0 bridgehead atoms. The van der Waals surface area contributed by atoms with Gasteiger partial charge in [-0.25, -0.2) is 4.98 Å². The van der Waals surface area contributed by atoms with Gasteiger partial charge in [-0.2, -0.15) is 0 Å². The predicted molar refractivity (Wildman–Crippen MR) is 47.9 cm³/mol. The number of nitrogens with one attached hydrogen (secondary N) is 1. The molecule has 0 saturated carbocycles. The van der Waals surface area contributed by atoms with E-state index in [4.69, 9.17) is 17.3 Å². The summed E-state index contributed by atoms with van der Waals surface area (Å²) in [6, 6.07) is 1.73. The Kier molecular flexibility index (Phi) is 2.19. The number of anilines is 2. The lowest BCUT2D eigenvalue weighted by atomic mass is 10.2. The molecule has 0 spiro atoms. The van der Waals surface area contributed by atoms with Crippen LogP contribution in [0.25, 0.3) is 0 Å². The molecule has 11 heavy (non-hydrogen) atoms. The maximum Gasteiger partial charge on any atom is 0.150 e. The average Bonchev–Trinajstić information content (AvgIpc) is 1.96. The summed E-state index contributed by atoms with van der Waals surface area (Å²) in [5.41, 5.74) is 7.27. The maximum atomic E-state index is 5.69. The van der Waals surface area contributed by atoms with Crippen LogP contribution < -0.4 is 11.1 Å². The number of halogens is 1. The molecule has 0 saturated heterocycles. The van der Waals surface area contributed by atoms with Gasteiger partial charge < -0.3 is 11.1 Å². The Bertz CT molecular complexity index is 273. The highest BCUT2D eigenvalue weighted by Gasteiger charge is 2.02. The first-order chi connectivity index (χ1) is 5.15. The van der Waals surface area contributed by atoms with Crippen molar-refractivity contribution in [1.29, 1.82) is 0 Å². The van der Waals surface area contributed by atoms with Crippen molar-refractivity contribution < 1.29 is 0 Å². The fourth-order valence-electron chi connectivity index (χ4n) is 0.833. The van der Waals surface area contributed by atoms with Gasteiger partial charge in [-0.15, -0.1) is 0 Å². The SMILES string of the molecule is CNc1nc(Cl)cc(C)c1N. The topological polar surface area (TPSA) is 50.9 Å². The van der Waals surface area contributed by atoms with Crippen LogP contribution in [0.15, 0.2) is 6.07 Å². The lowest BCUT2D eigenvalue weighted by Crippen LogP contribution is -2.00. The van der Waals surface area contributed by atoms with Crippen LogP contribution in [-0.4, -0.2) is 12.0 Å². The zero-order chi connectivity index (χ0) is 8.43. The molecule has 3 nitrogen and oxygen atoms in total. The predicted octanol–water partition coefficient (Wildman–Crippen LogP) is 1.67. The van der Waals surface area contributed by atoms with Crippen molar-refractivity contribution in [3.05, 3.63) is 16.8 Å². The van der Waals surface area contributed by atoms with Gasteiger partial charge in [-0.05, 0) is 18.6 Å². The van der Waals surface area contributed by atoms with E-state index in [1.165, 1.54) is 0 Å². The number of nitrogens with two attached hydrogens (primary N) is 1. The lowest BCUT2D eigenvalue weighted by molar-refractivity contribution is 1.26. The summed E-state index contributed by atoms with van der Waals surface area (Å²) < 4.78 is 0. The summed E-state index contributed by atoms with van der Waals surface area (Å²) in [7, 11) is 1.76. The summed E-state index contributed by atoms with van der Waals surface area (Å²) in [5, 5.41) is 3.32. The Hall–Kier alpha value is -0.960. The van der Waals surface area contributed by atoms with E-state index in [0.29, 0.717) is 16.7 Å². The molecule has 0 amide bonds. The first-order valence-electron chi connectivity index (χ1n) is 3.25. The van der Waals surface area contributed by atoms with Crippen LogP contribution in [-0.2, 0) is 0 Å². The first kappa shape index (κ1) is 8.14. The molecule has 4 heteroatoms. The zero-order valence-corrected chi connectivity index (χ0v) is 7.24. The monoisotopic (exact) mass is 171 g/mol. The molecule has 0 aromatic carbocycles. The van der Waals surface area contributed by atoms with Gasteiger partial charge in [-0.1, -0.05) is 11.6 Å². The summed E-state index contributed by atoms with van der Waals surface area (Å²) in [6.45, 7) is 1.89. The molecule has 0 radical (unpaired) electrons. The van der Waals surface area contributed by atoms with E-state index in [-0.39, 0.29) is 0 Å². The third kappa shape index (κ3) is 1.54. The maximum absolute atomic E-state index is 5.69. The van der Waals surface area contributed by atoms with Gasteiger partial charge >= 0.3 is 0 Å². The largest absolute Gasteiger partial charge is 0.396 e. The number of hydrogen-bond acceptors (Lipinski definition) is 3.